The van der Waals surface area contributed by atoms with Gasteiger partial charge in [-0.25, -0.2) is 0 Å². The molecule has 15 heavy (non-hydrogen) atoms. The smallest absolute Gasteiger partial charge is 0.0722 e. The topological polar surface area (TPSA) is 40.7 Å². The molecular formula is C10H9Cl2N3. The quantitative estimate of drug-likeness (QED) is 0.866. The predicted molar refractivity (Wildman–Crippen MR) is 62.4 cm³/mol. The van der Waals surface area contributed by atoms with E-state index >= 15 is 0 Å². The largest absolute Gasteiger partial charge is 0.377 e. The number of nitrogens with zero attached hydrogens (tertiary/aromatic N) is 1. The Bertz CT molecular complexity index is 420. The van der Waals surface area contributed by atoms with Crippen LogP contribution in [0.4, 0.5) is 5.69 Å². The van der Waals surface area contributed by atoms with Crippen LogP contribution in [0, 0.1) is 0 Å². The third kappa shape index (κ3) is 2.43. The van der Waals surface area contributed by atoms with Gasteiger partial charge in [-0.05, 0) is 18.2 Å². The minimum atomic E-state index is 0.613. The second kappa shape index (κ2) is 4.55. The van der Waals surface area contributed by atoms with Crippen LogP contribution in [-0.4, -0.2) is 10.2 Å². The molecule has 2 aromatic rings. The molecule has 2 rings (SSSR count). The van der Waals surface area contributed by atoms with Crippen molar-refractivity contribution in [1.29, 1.82) is 0 Å². The number of halogens is 2. The standard InChI is InChI=1S/C10H9Cl2N3/c11-8-2-1-3-9(12)10(8)13-6-7-4-5-14-15-7/h1-5,13H,6H2,(H,14,15). The van der Waals surface area contributed by atoms with Crippen LogP contribution in [0.25, 0.3) is 0 Å². The van der Waals surface area contributed by atoms with Gasteiger partial charge in [0, 0.05) is 6.20 Å². The molecule has 0 aliphatic rings. The number of H-pyrrole nitrogens is 1. The zero-order valence-electron chi connectivity index (χ0n) is 7.80. The summed E-state index contributed by atoms with van der Waals surface area (Å²) in [6.45, 7) is 0.615. The molecule has 0 saturated carbocycles. The third-order valence-electron chi connectivity index (χ3n) is 1.98. The number of nitrogens with one attached hydrogen (secondary N) is 2. The summed E-state index contributed by atoms with van der Waals surface area (Å²) in [6.07, 6.45) is 1.70. The Morgan fingerprint density at radius 1 is 1.20 bits per heavy atom. The zero-order chi connectivity index (χ0) is 10.7. The van der Waals surface area contributed by atoms with Crippen LogP contribution >= 0.6 is 23.2 Å². The summed E-state index contributed by atoms with van der Waals surface area (Å²) in [6, 6.07) is 7.29. The van der Waals surface area contributed by atoms with Crippen LogP contribution in [0.3, 0.4) is 0 Å². The summed E-state index contributed by atoms with van der Waals surface area (Å²) < 4.78 is 0. The summed E-state index contributed by atoms with van der Waals surface area (Å²) in [5.74, 6) is 0. The average Bonchev–Trinajstić information content (AvgIpc) is 2.70. The number of benzene rings is 1. The highest BCUT2D eigenvalue weighted by Crippen LogP contribution is 2.29. The molecule has 0 aliphatic carbocycles. The first-order valence-electron chi connectivity index (χ1n) is 4.43. The van der Waals surface area contributed by atoms with E-state index in [2.05, 4.69) is 15.5 Å². The molecule has 0 amide bonds. The van der Waals surface area contributed by atoms with Crippen LogP contribution in [0.15, 0.2) is 30.5 Å². The first-order chi connectivity index (χ1) is 7.27. The van der Waals surface area contributed by atoms with Crippen LogP contribution in [0.1, 0.15) is 5.69 Å². The van der Waals surface area contributed by atoms with E-state index < -0.39 is 0 Å². The van der Waals surface area contributed by atoms with Crippen LogP contribution in [0.5, 0.6) is 0 Å². The first kappa shape index (κ1) is 10.3. The van der Waals surface area contributed by atoms with Crippen molar-refractivity contribution in [3.63, 3.8) is 0 Å². The van der Waals surface area contributed by atoms with E-state index in [1.54, 1.807) is 18.3 Å². The molecule has 0 spiro atoms. The van der Waals surface area contributed by atoms with Gasteiger partial charge in [0.2, 0.25) is 0 Å². The summed E-state index contributed by atoms with van der Waals surface area (Å²) in [5.41, 5.74) is 1.72. The first-order valence-corrected chi connectivity index (χ1v) is 5.19. The van der Waals surface area contributed by atoms with Gasteiger partial charge < -0.3 is 5.32 Å². The van der Waals surface area contributed by atoms with E-state index in [0.717, 1.165) is 11.4 Å². The molecular weight excluding hydrogens is 233 g/mol. The Morgan fingerprint density at radius 3 is 2.53 bits per heavy atom. The van der Waals surface area contributed by atoms with Crippen LogP contribution < -0.4 is 5.32 Å². The second-order valence-electron chi connectivity index (χ2n) is 3.03. The number of hydrogen-bond donors (Lipinski definition) is 2. The SMILES string of the molecule is Clc1cccc(Cl)c1NCc1ccn[nH]1. The fourth-order valence-electron chi connectivity index (χ4n) is 1.23. The third-order valence-corrected chi connectivity index (χ3v) is 2.61. The van der Waals surface area contributed by atoms with Crippen molar-refractivity contribution in [2.45, 2.75) is 6.54 Å². The van der Waals surface area contributed by atoms with Gasteiger partial charge in [-0.3, -0.25) is 5.10 Å². The molecule has 1 aromatic carbocycles. The highest BCUT2D eigenvalue weighted by Gasteiger charge is 2.04. The van der Waals surface area contributed by atoms with Crippen molar-refractivity contribution in [2.24, 2.45) is 0 Å². The summed E-state index contributed by atoms with van der Waals surface area (Å²) >= 11 is 12.0. The number of hydrogen-bond acceptors (Lipinski definition) is 2. The fraction of sp³-hybridized carbons (Fsp3) is 0.100. The Balaban J connectivity index is 2.11. The van der Waals surface area contributed by atoms with Gasteiger partial charge >= 0.3 is 0 Å². The van der Waals surface area contributed by atoms with Gasteiger partial charge in [-0.2, -0.15) is 5.10 Å². The molecule has 0 fully saturated rings. The van der Waals surface area contributed by atoms with Crippen molar-refractivity contribution >= 4 is 28.9 Å². The molecule has 3 nitrogen and oxygen atoms in total. The summed E-state index contributed by atoms with van der Waals surface area (Å²) in [7, 11) is 0. The van der Waals surface area contributed by atoms with Gasteiger partial charge in [0.15, 0.2) is 0 Å². The lowest BCUT2D eigenvalue weighted by Crippen LogP contribution is -2.00. The minimum Gasteiger partial charge on any atom is -0.377 e. The highest BCUT2D eigenvalue weighted by atomic mass is 35.5. The summed E-state index contributed by atoms with van der Waals surface area (Å²) in [4.78, 5) is 0. The predicted octanol–water partition coefficient (Wildman–Crippen LogP) is 3.33. The van der Waals surface area contributed by atoms with Crippen molar-refractivity contribution in [1.82, 2.24) is 10.2 Å². The lowest BCUT2D eigenvalue weighted by atomic mass is 10.3. The Kier molecular flexibility index (Phi) is 3.14. The fourth-order valence-corrected chi connectivity index (χ4v) is 1.76. The molecule has 5 heteroatoms. The molecule has 2 N–H and O–H groups in total. The molecule has 0 unspecified atom stereocenters. The molecule has 1 heterocycles. The maximum absolute atomic E-state index is 6.00. The van der Waals surface area contributed by atoms with E-state index in [1.807, 2.05) is 12.1 Å². The molecule has 1 aromatic heterocycles. The van der Waals surface area contributed by atoms with Gasteiger partial charge in [-0.1, -0.05) is 29.3 Å². The number of rotatable bonds is 3. The number of para-hydroxylation sites is 1. The number of aromatic nitrogens is 2. The molecule has 0 atom stereocenters. The van der Waals surface area contributed by atoms with Crippen LogP contribution in [-0.2, 0) is 6.54 Å². The van der Waals surface area contributed by atoms with Gasteiger partial charge in [0.25, 0.3) is 0 Å². The Morgan fingerprint density at radius 2 is 1.93 bits per heavy atom. The second-order valence-corrected chi connectivity index (χ2v) is 3.85. The lowest BCUT2D eigenvalue weighted by molar-refractivity contribution is 0.981. The van der Waals surface area contributed by atoms with E-state index in [1.165, 1.54) is 0 Å². The van der Waals surface area contributed by atoms with Gasteiger partial charge in [0.1, 0.15) is 0 Å². The number of anilines is 1. The van der Waals surface area contributed by atoms with E-state index in [0.29, 0.717) is 16.6 Å². The van der Waals surface area contributed by atoms with Crippen LogP contribution in [0.2, 0.25) is 10.0 Å². The minimum absolute atomic E-state index is 0.613. The van der Waals surface area contributed by atoms with Gasteiger partial charge in [0.05, 0.1) is 28.0 Å². The maximum Gasteiger partial charge on any atom is 0.0722 e. The van der Waals surface area contributed by atoms with Crippen molar-refractivity contribution in [3.05, 3.63) is 46.2 Å². The average molecular weight is 242 g/mol. The summed E-state index contributed by atoms with van der Waals surface area (Å²) in [5, 5.41) is 11.1. The van der Waals surface area contributed by atoms with Crippen molar-refractivity contribution < 1.29 is 0 Å². The van der Waals surface area contributed by atoms with Crippen molar-refractivity contribution in [3.8, 4) is 0 Å². The Hall–Kier alpha value is -1.19. The Labute approximate surface area is 97.4 Å². The molecule has 0 saturated heterocycles. The van der Waals surface area contributed by atoms with E-state index in [4.69, 9.17) is 23.2 Å². The van der Waals surface area contributed by atoms with E-state index in [-0.39, 0.29) is 0 Å². The highest BCUT2D eigenvalue weighted by molar-refractivity contribution is 6.39. The maximum atomic E-state index is 6.00. The molecule has 0 aliphatic heterocycles. The lowest BCUT2D eigenvalue weighted by Gasteiger charge is -2.08. The zero-order valence-corrected chi connectivity index (χ0v) is 9.31. The normalized spacial score (nSPS) is 10.3. The number of aromatic amines is 1. The van der Waals surface area contributed by atoms with Gasteiger partial charge in [-0.15, -0.1) is 0 Å². The van der Waals surface area contributed by atoms with Crippen molar-refractivity contribution in [2.75, 3.05) is 5.32 Å². The monoisotopic (exact) mass is 241 g/mol. The molecule has 0 radical (unpaired) electrons. The van der Waals surface area contributed by atoms with E-state index in [9.17, 15) is 0 Å². The molecule has 78 valence electrons. The molecule has 0 bridgehead atoms.